The van der Waals surface area contributed by atoms with Crippen LogP contribution in [0.2, 0.25) is 0 Å². The minimum Gasteiger partial charge on any atom is -0.264 e. The molecule has 1 aromatic carbocycles. The molecule has 0 saturated carbocycles. The Morgan fingerprint density at radius 2 is 1.88 bits per heavy atom. The Kier molecular flexibility index (Phi) is 3.35. The summed E-state index contributed by atoms with van der Waals surface area (Å²) in [7, 11) is 0. The van der Waals surface area contributed by atoms with Crippen molar-refractivity contribution < 1.29 is 0 Å². The Balaban J connectivity index is 2.26. The molecule has 0 saturated heterocycles. The van der Waals surface area contributed by atoms with Crippen molar-refractivity contribution in [1.29, 1.82) is 0 Å². The molecule has 2 aromatic rings. The van der Waals surface area contributed by atoms with Gasteiger partial charge < -0.3 is 0 Å². The molecule has 0 aliphatic rings. The summed E-state index contributed by atoms with van der Waals surface area (Å²) in [5, 5.41) is 0. The van der Waals surface area contributed by atoms with Gasteiger partial charge >= 0.3 is 0 Å². The molecule has 1 heterocycles. The molecule has 0 fully saturated rings. The highest BCUT2D eigenvalue weighted by molar-refractivity contribution is 5.63. The molecule has 0 spiro atoms. The van der Waals surface area contributed by atoms with Crippen LogP contribution in [0.3, 0.4) is 0 Å². The monoisotopic (exact) mass is 207 g/mol. The summed E-state index contributed by atoms with van der Waals surface area (Å²) >= 11 is 0. The molecule has 0 aliphatic carbocycles. The van der Waals surface area contributed by atoms with Crippen LogP contribution in [0.15, 0.2) is 48.8 Å². The van der Waals surface area contributed by atoms with E-state index in [1.165, 1.54) is 5.56 Å². The Labute approximate surface area is 96.2 Å². The number of aromatic nitrogens is 1. The summed E-state index contributed by atoms with van der Waals surface area (Å²) in [5.74, 6) is 6.17. The highest BCUT2D eigenvalue weighted by Crippen LogP contribution is 2.17. The Morgan fingerprint density at radius 1 is 1.06 bits per heavy atom. The van der Waals surface area contributed by atoms with Crippen molar-refractivity contribution in [1.82, 2.24) is 4.98 Å². The zero-order valence-corrected chi connectivity index (χ0v) is 9.27. The molecule has 16 heavy (non-hydrogen) atoms. The van der Waals surface area contributed by atoms with Gasteiger partial charge in [0.05, 0.1) is 0 Å². The highest BCUT2D eigenvalue weighted by atomic mass is 14.6. The van der Waals surface area contributed by atoms with Crippen molar-refractivity contribution in [3.63, 3.8) is 0 Å². The standard InChI is InChI=1S/C15H13N/c1-2-3-5-13-7-9-14(10-8-13)15-6-4-11-16-12-15/h4,6-12H,2H2,1H3. The van der Waals surface area contributed by atoms with E-state index < -0.39 is 0 Å². The first-order valence-electron chi connectivity index (χ1n) is 5.39. The second-order valence-electron chi connectivity index (χ2n) is 3.47. The average Bonchev–Trinajstić information content (AvgIpc) is 2.38. The van der Waals surface area contributed by atoms with Gasteiger partial charge in [0.1, 0.15) is 0 Å². The molecule has 0 N–H and O–H groups in total. The third-order valence-electron chi connectivity index (χ3n) is 2.29. The smallest absolute Gasteiger partial charge is 0.0346 e. The lowest BCUT2D eigenvalue weighted by molar-refractivity contribution is 1.28. The molecule has 78 valence electrons. The van der Waals surface area contributed by atoms with Gasteiger partial charge in [-0.05, 0) is 29.3 Å². The quantitative estimate of drug-likeness (QED) is 0.652. The molecule has 2 rings (SSSR count). The van der Waals surface area contributed by atoms with Gasteiger partial charge in [-0.1, -0.05) is 37.0 Å². The van der Waals surface area contributed by atoms with Crippen molar-refractivity contribution >= 4 is 0 Å². The summed E-state index contributed by atoms with van der Waals surface area (Å²) in [6.07, 6.45) is 4.54. The number of rotatable bonds is 1. The lowest BCUT2D eigenvalue weighted by atomic mass is 10.1. The van der Waals surface area contributed by atoms with Crippen LogP contribution < -0.4 is 0 Å². The van der Waals surface area contributed by atoms with E-state index in [1.54, 1.807) is 6.20 Å². The summed E-state index contributed by atoms with van der Waals surface area (Å²) in [6, 6.07) is 12.3. The molecule has 0 unspecified atom stereocenters. The van der Waals surface area contributed by atoms with Gasteiger partial charge in [0.2, 0.25) is 0 Å². The van der Waals surface area contributed by atoms with Crippen molar-refractivity contribution in [2.45, 2.75) is 13.3 Å². The first kappa shape index (κ1) is 10.4. The maximum atomic E-state index is 4.11. The predicted octanol–water partition coefficient (Wildman–Crippen LogP) is 3.51. The Bertz CT molecular complexity index is 501. The second kappa shape index (κ2) is 5.14. The van der Waals surface area contributed by atoms with E-state index in [9.17, 15) is 0 Å². The van der Waals surface area contributed by atoms with Crippen molar-refractivity contribution in [3.8, 4) is 23.0 Å². The summed E-state index contributed by atoms with van der Waals surface area (Å²) in [4.78, 5) is 4.11. The van der Waals surface area contributed by atoms with Crippen molar-refractivity contribution in [3.05, 3.63) is 54.4 Å². The van der Waals surface area contributed by atoms with Gasteiger partial charge in [-0.3, -0.25) is 4.98 Å². The first-order valence-corrected chi connectivity index (χ1v) is 5.39. The van der Waals surface area contributed by atoms with Gasteiger partial charge in [-0.15, -0.1) is 0 Å². The van der Waals surface area contributed by atoms with Gasteiger partial charge in [0.15, 0.2) is 0 Å². The van der Waals surface area contributed by atoms with E-state index in [2.05, 4.69) is 41.9 Å². The molecule has 1 nitrogen and oxygen atoms in total. The Morgan fingerprint density at radius 3 is 2.50 bits per heavy atom. The molecular formula is C15H13N. The van der Waals surface area contributed by atoms with Gasteiger partial charge in [-0.25, -0.2) is 0 Å². The summed E-state index contributed by atoms with van der Waals surface area (Å²) in [5.41, 5.74) is 3.38. The highest BCUT2D eigenvalue weighted by Gasteiger charge is 1.95. The normalized spacial score (nSPS) is 9.31. The van der Waals surface area contributed by atoms with Gasteiger partial charge in [0.25, 0.3) is 0 Å². The minimum atomic E-state index is 0.893. The topological polar surface area (TPSA) is 12.9 Å². The van der Waals surface area contributed by atoms with E-state index >= 15 is 0 Å². The van der Waals surface area contributed by atoms with E-state index in [-0.39, 0.29) is 0 Å². The molecule has 0 radical (unpaired) electrons. The van der Waals surface area contributed by atoms with E-state index in [0.29, 0.717) is 0 Å². The van der Waals surface area contributed by atoms with Gasteiger partial charge in [0, 0.05) is 24.4 Å². The minimum absolute atomic E-state index is 0.893. The van der Waals surface area contributed by atoms with Crippen LogP contribution in [0, 0.1) is 11.8 Å². The third kappa shape index (κ3) is 2.49. The van der Waals surface area contributed by atoms with Crippen LogP contribution >= 0.6 is 0 Å². The summed E-state index contributed by atoms with van der Waals surface area (Å²) < 4.78 is 0. The van der Waals surface area contributed by atoms with Crippen LogP contribution in [0.4, 0.5) is 0 Å². The number of nitrogens with zero attached hydrogens (tertiary/aromatic N) is 1. The fourth-order valence-electron chi connectivity index (χ4n) is 1.47. The van der Waals surface area contributed by atoms with E-state index in [0.717, 1.165) is 17.5 Å². The van der Waals surface area contributed by atoms with Crippen LogP contribution in [-0.2, 0) is 0 Å². The molecule has 0 bridgehead atoms. The number of benzene rings is 1. The predicted molar refractivity (Wildman–Crippen MR) is 66.8 cm³/mol. The van der Waals surface area contributed by atoms with Crippen LogP contribution in [-0.4, -0.2) is 4.98 Å². The molecule has 1 aromatic heterocycles. The molecule has 1 heteroatoms. The van der Waals surface area contributed by atoms with Gasteiger partial charge in [-0.2, -0.15) is 0 Å². The maximum Gasteiger partial charge on any atom is 0.0346 e. The van der Waals surface area contributed by atoms with Crippen LogP contribution in [0.25, 0.3) is 11.1 Å². The lowest BCUT2D eigenvalue weighted by Gasteiger charge is -2.00. The molecule has 0 atom stereocenters. The average molecular weight is 207 g/mol. The van der Waals surface area contributed by atoms with Crippen molar-refractivity contribution in [2.24, 2.45) is 0 Å². The van der Waals surface area contributed by atoms with E-state index in [4.69, 9.17) is 0 Å². The molecular weight excluding hydrogens is 194 g/mol. The number of hydrogen-bond donors (Lipinski definition) is 0. The third-order valence-corrected chi connectivity index (χ3v) is 2.29. The lowest BCUT2D eigenvalue weighted by Crippen LogP contribution is -1.80. The van der Waals surface area contributed by atoms with Crippen LogP contribution in [0.1, 0.15) is 18.9 Å². The van der Waals surface area contributed by atoms with Crippen LogP contribution in [0.5, 0.6) is 0 Å². The number of pyridine rings is 1. The number of hydrogen-bond acceptors (Lipinski definition) is 1. The molecule has 0 amide bonds. The fourth-order valence-corrected chi connectivity index (χ4v) is 1.47. The van der Waals surface area contributed by atoms with E-state index in [1.807, 2.05) is 24.4 Å². The van der Waals surface area contributed by atoms with Crippen molar-refractivity contribution in [2.75, 3.05) is 0 Å². The largest absolute Gasteiger partial charge is 0.264 e. The maximum absolute atomic E-state index is 4.11. The zero-order valence-electron chi connectivity index (χ0n) is 9.27. The SMILES string of the molecule is CCC#Cc1ccc(-c2cccnc2)cc1. The summed E-state index contributed by atoms with van der Waals surface area (Å²) in [6.45, 7) is 2.05. The second-order valence-corrected chi connectivity index (χ2v) is 3.47. The molecule has 0 aliphatic heterocycles. The Hall–Kier alpha value is -2.07. The fraction of sp³-hybridized carbons (Fsp3) is 0.133. The zero-order chi connectivity index (χ0) is 11.2. The first-order chi connectivity index (χ1) is 7.90.